The molecule has 0 spiro atoms. The third kappa shape index (κ3) is 0.960. The van der Waals surface area contributed by atoms with Crippen LogP contribution in [0.1, 0.15) is 6.92 Å². The number of hydrazone groups is 1. The van der Waals surface area contributed by atoms with Gasteiger partial charge in [-0.05, 0) is 6.92 Å². The minimum atomic E-state index is 0.362. The number of hydrogen-bond acceptors (Lipinski definition) is 3. The van der Waals surface area contributed by atoms with Crippen LogP contribution < -0.4 is 5.43 Å². The molecule has 3 nitrogen and oxygen atoms in total. The first-order chi connectivity index (χ1) is 3.30. The van der Waals surface area contributed by atoms with E-state index in [-0.39, 0.29) is 0 Å². The molecular weight excluding hydrogens is 205 g/mol. The smallest absolute Gasteiger partial charge is 0.122 e. The Morgan fingerprint density at radius 1 is 2.00 bits per heavy atom. The zero-order chi connectivity index (χ0) is 5.28. The molecule has 7 heavy (non-hydrogen) atoms. The summed E-state index contributed by atoms with van der Waals surface area (Å²) in [6.07, 6.45) is 2.12. The van der Waals surface area contributed by atoms with Crippen molar-refractivity contribution in [3.8, 4) is 0 Å². The summed E-state index contributed by atoms with van der Waals surface area (Å²) in [6, 6.07) is 0. The first-order valence-corrected chi connectivity index (χ1v) is 3.00. The summed E-state index contributed by atoms with van der Waals surface area (Å²) >= 11 is 2.18. The van der Waals surface area contributed by atoms with E-state index in [4.69, 9.17) is 0 Å². The molecule has 0 saturated heterocycles. The summed E-state index contributed by atoms with van der Waals surface area (Å²) < 4.78 is 1.97. The van der Waals surface area contributed by atoms with Crippen LogP contribution in [0.4, 0.5) is 0 Å². The SMILES string of the molecule is CC1NN=CN1I. The molecule has 0 saturated carbocycles. The molecule has 1 aliphatic heterocycles. The van der Waals surface area contributed by atoms with E-state index < -0.39 is 0 Å². The molecule has 0 fully saturated rings. The second-order valence-electron chi connectivity index (χ2n) is 1.39. The Hall–Kier alpha value is 0. The molecular formula is C3H6IN3. The summed E-state index contributed by atoms with van der Waals surface area (Å²) in [5, 5.41) is 3.79. The summed E-state index contributed by atoms with van der Waals surface area (Å²) in [6.45, 7) is 2.04. The normalized spacial score (nSPS) is 28.3. The molecule has 0 aromatic carbocycles. The van der Waals surface area contributed by atoms with Crippen molar-refractivity contribution in [3.05, 3.63) is 0 Å². The van der Waals surface area contributed by atoms with Crippen molar-refractivity contribution in [3.63, 3.8) is 0 Å². The molecule has 1 N–H and O–H groups in total. The molecule has 1 rings (SSSR count). The lowest BCUT2D eigenvalue weighted by molar-refractivity contribution is 0.504. The highest BCUT2D eigenvalue weighted by molar-refractivity contribution is 14.1. The van der Waals surface area contributed by atoms with E-state index in [1.165, 1.54) is 0 Å². The lowest BCUT2D eigenvalue weighted by atomic mass is 10.6. The van der Waals surface area contributed by atoms with Gasteiger partial charge in [0.15, 0.2) is 0 Å². The molecule has 40 valence electrons. The van der Waals surface area contributed by atoms with Crippen LogP contribution in [-0.2, 0) is 0 Å². The van der Waals surface area contributed by atoms with E-state index >= 15 is 0 Å². The van der Waals surface area contributed by atoms with E-state index in [0.717, 1.165) is 0 Å². The quantitative estimate of drug-likeness (QED) is 0.467. The summed E-state index contributed by atoms with van der Waals surface area (Å²) in [5.41, 5.74) is 2.86. The number of rotatable bonds is 0. The summed E-state index contributed by atoms with van der Waals surface area (Å²) in [5.74, 6) is 0. The Morgan fingerprint density at radius 2 is 2.71 bits per heavy atom. The van der Waals surface area contributed by atoms with Crippen LogP contribution in [0.2, 0.25) is 0 Å². The van der Waals surface area contributed by atoms with Crippen molar-refractivity contribution in [1.82, 2.24) is 8.54 Å². The molecule has 0 aromatic heterocycles. The average molecular weight is 211 g/mol. The molecule has 4 heteroatoms. The van der Waals surface area contributed by atoms with Gasteiger partial charge in [-0.3, -0.25) is 8.54 Å². The first-order valence-electron chi connectivity index (χ1n) is 2.03. The van der Waals surface area contributed by atoms with Gasteiger partial charge >= 0.3 is 0 Å². The van der Waals surface area contributed by atoms with E-state index in [2.05, 4.69) is 33.4 Å². The highest BCUT2D eigenvalue weighted by Gasteiger charge is 2.08. The molecule has 0 radical (unpaired) electrons. The molecule has 0 bridgehead atoms. The third-order valence-corrected chi connectivity index (χ3v) is 1.88. The molecule has 1 aliphatic rings. The van der Waals surface area contributed by atoms with Crippen LogP contribution in [0.25, 0.3) is 0 Å². The predicted molar refractivity (Wildman–Crippen MR) is 36.9 cm³/mol. The van der Waals surface area contributed by atoms with Gasteiger partial charge in [0.2, 0.25) is 0 Å². The summed E-state index contributed by atoms with van der Waals surface area (Å²) in [7, 11) is 0. The lowest BCUT2D eigenvalue weighted by Crippen LogP contribution is -2.25. The summed E-state index contributed by atoms with van der Waals surface area (Å²) in [4.78, 5) is 0. The van der Waals surface area contributed by atoms with Gasteiger partial charge in [0.1, 0.15) is 12.5 Å². The van der Waals surface area contributed by atoms with Gasteiger partial charge in [0.25, 0.3) is 0 Å². The fourth-order valence-corrected chi connectivity index (χ4v) is 0.601. The second kappa shape index (κ2) is 1.85. The van der Waals surface area contributed by atoms with E-state index in [0.29, 0.717) is 6.17 Å². The lowest BCUT2D eigenvalue weighted by Gasteiger charge is -2.08. The van der Waals surface area contributed by atoms with Gasteiger partial charge in [-0.1, -0.05) is 0 Å². The Bertz CT molecular complexity index is 92.2. The van der Waals surface area contributed by atoms with Crippen LogP contribution in [0.3, 0.4) is 0 Å². The zero-order valence-corrected chi connectivity index (χ0v) is 6.08. The van der Waals surface area contributed by atoms with Crippen molar-refractivity contribution in [1.29, 1.82) is 0 Å². The topological polar surface area (TPSA) is 27.6 Å². The highest BCUT2D eigenvalue weighted by atomic mass is 127. The Kier molecular flexibility index (Phi) is 1.36. The first kappa shape index (κ1) is 5.14. The fourth-order valence-electron chi connectivity index (χ4n) is 0.352. The molecule has 1 unspecified atom stereocenters. The Balaban J connectivity index is 2.45. The highest BCUT2D eigenvalue weighted by Crippen LogP contribution is 2.03. The van der Waals surface area contributed by atoms with Crippen molar-refractivity contribution in [2.45, 2.75) is 13.1 Å². The average Bonchev–Trinajstić information content (AvgIpc) is 1.91. The van der Waals surface area contributed by atoms with Crippen LogP contribution >= 0.6 is 22.9 Å². The monoisotopic (exact) mass is 211 g/mol. The Morgan fingerprint density at radius 3 is 2.86 bits per heavy atom. The second-order valence-corrected chi connectivity index (χ2v) is 2.51. The number of nitrogens with one attached hydrogen (secondary N) is 1. The Labute approximate surface area is 56.3 Å². The van der Waals surface area contributed by atoms with E-state index in [1.54, 1.807) is 6.34 Å². The van der Waals surface area contributed by atoms with Gasteiger partial charge < -0.3 is 0 Å². The number of halogens is 1. The standard InChI is InChI=1S/C3H6IN3/c1-3-6-5-2-7(3)4/h2-3,6H,1H3. The molecule has 1 heterocycles. The van der Waals surface area contributed by atoms with E-state index in [1.807, 2.05) is 10.0 Å². The van der Waals surface area contributed by atoms with Gasteiger partial charge in [-0.25, -0.2) is 0 Å². The van der Waals surface area contributed by atoms with Gasteiger partial charge in [-0.15, -0.1) is 0 Å². The zero-order valence-electron chi connectivity index (χ0n) is 3.93. The van der Waals surface area contributed by atoms with Crippen LogP contribution in [0.15, 0.2) is 5.10 Å². The van der Waals surface area contributed by atoms with Gasteiger partial charge in [0, 0.05) is 0 Å². The third-order valence-electron chi connectivity index (χ3n) is 0.799. The van der Waals surface area contributed by atoms with E-state index in [9.17, 15) is 0 Å². The van der Waals surface area contributed by atoms with Crippen LogP contribution in [-0.4, -0.2) is 15.6 Å². The van der Waals surface area contributed by atoms with Crippen molar-refractivity contribution >= 4 is 29.2 Å². The largest absolute Gasteiger partial charge is 0.286 e. The van der Waals surface area contributed by atoms with Crippen LogP contribution in [0, 0.1) is 0 Å². The van der Waals surface area contributed by atoms with Gasteiger partial charge in [0.05, 0.1) is 22.9 Å². The minimum absolute atomic E-state index is 0.362. The number of nitrogens with zero attached hydrogens (tertiary/aromatic N) is 2. The molecule has 0 aromatic rings. The fraction of sp³-hybridized carbons (Fsp3) is 0.667. The molecule has 0 amide bonds. The van der Waals surface area contributed by atoms with Gasteiger partial charge in [-0.2, -0.15) is 5.10 Å². The maximum atomic E-state index is 3.79. The number of hydrogen-bond donors (Lipinski definition) is 1. The molecule has 1 atom stereocenters. The minimum Gasteiger partial charge on any atom is -0.286 e. The van der Waals surface area contributed by atoms with Crippen molar-refractivity contribution < 1.29 is 0 Å². The maximum absolute atomic E-state index is 3.79. The predicted octanol–water partition coefficient (Wildman–Crippen LogP) is 0.531. The van der Waals surface area contributed by atoms with Crippen molar-refractivity contribution in [2.75, 3.05) is 0 Å². The maximum Gasteiger partial charge on any atom is 0.122 e. The van der Waals surface area contributed by atoms with Crippen LogP contribution in [0.5, 0.6) is 0 Å². The molecule has 0 aliphatic carbocycles. The van der Waals surface area contributed by atoms with Crippen molar-refractivity contribution in [2.24, 2.45) is 5.10 Å².